The molecule has 0 unspecified atom stereocenters. The zero-order chi connectivity index (χ0) is 15.0. The Balaban J connectivity index is 2.09. The summed E-state index contributed by atoms with van der Waals surface area (Å²) in [6.45, 7) is 0.265. The molecule has 0 atom stereocenters. The number of hydrogen-bond donors (Lipinski definition) is 1. The lowest BCUT2D eigenvalue weighted by Crippen LogP contribution is -2.09. The number of hydrogen-bond acceptors (Lipinski definition) is 6. The van der Waals surface area contributed by atoms with E-state index in [4.69, 9.17) is 0 Å². The third kappa shape index (κ3) is 2.26. The highest BCUT2D eigenvalue weighted by atomic mass is 16.4. The van der Waals surface area contributed by atoms with E-state index in [0.717, 1.165) is 0 Å². The number of nitrogens with zero attached hydrogens (tertiary/aromatic N) is 8. The summed E-state index contributed by atoms with van der Waals surface area (Å²) < 4.78 is 4.79. The minimum atomic E-state index is -1.14. The zero-order valence-electron chi connectivity index (χ0n) is 11.4. The first-order valence-electron chi connectivity index (χ1n) is 6.05. The molecule has 0 saturated carbocycles. The van der Waals surface area contributed by atoms with Gasteiger partial charge < -0.3 is 9.67 Å². The lowest BCUT2D eigenvalue weighted by molar-refractivity contribution is 0.0691. The maximum atomic E-state index is 11.3. The summed E-state index contributed by atoms with van der Waals surface area (Å²) in [5, 5.41) is 28.7. The minimum absolute atomic E-state index is 0.120. The molecule has 3 aromatic rings. The van der Waals surface area contributed by atoms with E-state index < -0.39 is 5.97 Å². The normalized spacial score (nSPS) is 11.0. The second-order valence-corrected chi connectivity index (χ2v) is 4.51. The summed E-state index contributed by atoms with van der Waals surface area (Å²) in [7, 11) is 3.55. The average Bonchev–Trinajstić information content (AvgIpc) is 3.11. The first kappa shape index (κ1) is 13.0. The Morgan fingerprint density at radius 3 is 2.71 bits per heavy atom. The van der Waals surface area contributed by atoms with Gasteiger partial charge in [-0.1, -0.05) is 5.21 Å². The fourth-order valence-corrected chi connectivity index (χ4v) is 1.98. The van der Waals surface area contributed by atoms with Crippen molar-refractivity contribution in [3.63, 3.8) is 0 Å². The first-order valence-corrected chi connectivity index (χ1v) is 6.05. The predicted octanol–water partition coefficient (Wildman–Crippen LogP) is -0.446. The van der Waals surface area contributed by atoms with Crippen LogP contribution in [-0.2, 0) is 20.6 Å². The van der Waals surface area contributed by atoms with Crippen LogP contribution in [0.5, 0.6) is 0 Å². The van der Waals surface area contributed by atoms with Crippen LogP contribution in [-0.4, -0.2) is 50.6 Å². The standard InChI is InChI=1S/C11H12N8O2/c1-17-6-12-14-8(17)5-19-10(7-3-13-18(2)4-7)9(11(20)21)15-16-19/h3-4,6H,5H2,1-2H3,(H,20,21). The summed E-state index contributed by atoms with van der Waals surface area (Å²) in [6, 6.07) is 0. The van der Waals surface area contributed by atoms with Crippen LogP contribution in [0.25, 0.3) is 11.3 Å². The molecule has 0 aromatic carbocycles. The van der Waals surface area contributed by atoms with E-state index in [1.165, 1.54) is 4.68 Å². The van der Waals surface area contributed by atoms with Crippen LogP contribution in [0.15, 0.2) is 18.7 Å². The molecule has 10 heteroatoms. The Morgan fingerprint density at radius 2 is 2.14 bits per heavy atom. The zero-order valence-corrected chi connectivity index (χ0v) is 11.4. The Labute approximate surface area is 118 Å². The van der Waals surface area contributed by atoms with Gasteiger partial charge in [-0.05, 0) is 0 Å². The molecule has 0 spiro atoms. The van der Waals surface area contributed by atoms with Gasteiger partial charge in [0, 0.05) is 25.9 Å². The summed E-state index contributed by atoms with van der Waals surface area (Å²) in [5.41, 5.74) is 0.894. The number of aromatic nitrogens is 8. The molecule has 3 heterocycles. The molecule has 108 valence electrons. The van der Waals surface area contributed by atoms with E-state index in [2.05, 4.69) is 25.6 Å². The van der Waals surface area contributed by atoms with E-state index in [1.54, 1.807) is 42.1 Å². The molecule has 0 aliphatic heterocycles. The molecular formula is C11H12N8O2. The quantitative estimate of drug-likeness (QED) is 0.691. The van der Waals surface area contributed by atoms with Gasteiger partial charge in [0.25, 0.3) is 0 Å². The molecule has 3 aromatic heterocycles. The number of aromatic carboxylic acids is 1. The SMILES string of the molecule is Cn1cc(-c2c(C(=O)O)nnn2Cc2nncn2C)cn1. The van der Waals surface area contributed by atoms with Crippen molar-refractivity contribution >= 4 is 5.97 Å². The van der Waals surface area contributed by atoms with Gasteiger partial charge >= 0.3 is 5.97 Å². The fraction of sp³-hybridized carbons (Fsp3) is 0.273. The van der Waals surface area contributed by atoms with Crippen LogP contribution < -0.4 is 0 Å². The second-order valence-electron chi connectivity index (χ2n) is 4.51. The number of aryl methyl sites for hydroxylation is 2. The van der Waals surface area contributed by atoms with Gasteiger partial charge in [-0.25, -0.2) is 9.48 Å². The van der Waals surface area contributed by atoms with Gasteiger partial charge in [0.1, 0.15) is 18.6 Å². The van der Waals surface area contributed by atoms with Crippen LogP contribution in [0.3, 0.4) is 0 Å². The lowest BCUT2D eigenvalue weighted by Gasteiger charge is -2.04. The van der Waals surface area contributed by atoms with Gasteiger partial charge in [-0.2, -0.15) is 5.10 Å². The van der Waals surface area contributed by atoms with Crippen molar-refractivity contribution < 1.29 is 9.90 Å². The summed E-state index contributed by atoms with van der Waals surface area (Å²) in [5.74, 6) is -0.500. The van der Waals surface area contributed by atoms with Gasteiger partial charge in [0.15, 0.2) is 11.5 Å². The molecule has 1 N–H and O–H groups in total. The minimum Gasteiger partial charge on any atom is -0.476 e. The fourth-order valence-electron chi connectivity index (χ4n) is 1.98. The van der Waals surface area contributed by atoms with Crippen LogP contribution in [0.2, 0.25) is 0 Å². The summed E-state index contributed by atoms with van der Waals surface area (Å²) in [6.07, 6.45) is 4.84. The average molecular weight is 288 g/mol. The highest BCUT2D eigenvalue weighted by Gasteiger charge is 2.22. The second kappa shape index (κ2) is 4.81. The van der Waals surface area contributed by atoms with Crippen LogP contribution in [0, 0.1) is 0 Å². The van der Waals surface area contributed by atoms with Crippen LogP contribution in [0.1, 0.15) is 16.3 Å². The molecule has 0 amide bonds. The third-order valence-electron chi connectivity index (χ3n) is 3.01. The van der Waals surface area contributed by atoms with E-state index in [-0.39, 0.29) is 12.2 Å². The topological polar surface area (TPSA) is 117 Å². The highest BCUT2D eigenvalue weighted by Crippen LogP contribution is 2.22. The maximum absolute atomic E-state index is 11.3. The van der Waals surface area contributed by atoms with Crippen molar-refractivity contribution in [3.8, 4) is 11.3 Å². The van der Waals surface area contributed by atoms with Crippen molar-refractivity contribution in [2.24, 2.45) is 14.1 Å². The molecule has 0 aliphatic rings. The highest BCUT2D eigenvalue weighted by molar-refractivity contribution is 5.92. The van der Waals surface area contributed by atoms with Crippen molar-refractivity contribution in [1.29, 1.82) is 0 Å². The number of carboxylic acids is 1. The number of rotatable bonds is 4. The third-order valence-corrected chi connectivity index (χ3v) is 3.01. The molecule has 0 fully saturated rings. The Kier molecular flexibility index (Phi) is 2.97. The van der Waals surface area contributed by atoms with E-state index in [9.17, 15) is 9.90 Å². The molecule has 0 aliphatic carbocycles. The summed E-state index contributed by atoms with van der Waals surface area (Å²) in [4.78, 5) is 11.3. The van der Waals surface area contributed by atoms with Crippen LogP contribution >= 0.6 is 0 Å². The van der Waals surface area contributed by atoms with Crippen molar-refractivity contribution in [3.05, 3.63) is 30.2 Å². The Bertz CT molecular complexity index is 799. The van der Waals surface area contributed by atoms with Crippen molar-refractivity contribution in [2.75, 3.05) is 0 Å². The van der Waals surface area contributed by atoms with Gasteiger partial charge in [0.2, 0.25) is 0 Å². The van der Waals surface area contributed by atoms with E-state index in [1.807, 2.05) is 0 Å². The summed E-state index contributed by atoms with van der Waals surface area (Å²) >= 11 is 0. The van der Waals surface area contributed by atoms with Crippen LogP contribution in [0.4, 0.5) is 0 Å². The van der Waals surface area contributed by atoms with Gasteiger partial charge in [-0.3, -0.25) is 4.68 Å². The Morgan fingerprint density at radius 1 is 1.33 bits per heavy atom. The largest absolute Gasteiger partial charge is 0.476 e. The molecule has 3 rings (SSSR count). The monoisotopic (exact) mass is 288 g/mol. The molecule has 0 saturated heterocycles. The lowest BCUT2D eigenvalue weighted by atomic mass is 10.2. The molecule has 0 radical (unpaired) electrons. The Hall–Kier alpha value is -3.04. The number of carboxylic acid groups (broad SMARTS) is 1. The molecular weight excluding hydrogens is 276 g/mol. The van der Waals surface area contributed by atoms with Crippen molar-refractivity contribution in [2.45, 2.75) is 6.54 Å². The smallest absolute Gasteiger partial charge is 0.358 e. The molecule has 10 nitrogen and oxygen atoms in total. The van der Waals surface area contributed by atoms with Gasteiger partial charge in [0.05, 0.1) is 6.20 Å². The first-order chi connectivity index (χ1) is 10.1. The van der Waals surface area contributed by atoms with Crippen molar-refractivity contribution in [1.82, 2.24) is 39.5 Å². The van der Waals surface area contributed by atoms with E-state index in [0.29, 0.717) is 17.1 Å². The predicted molar refractivity (Wildman–Crippen MR) is 69.3 cm³/mol. The maximum Gasteiger partial charge on any atom is 0.358 e. The molecule has 0 bridgehead atoms. The van der Waals surface area contributed by atoms with Gasteiger partial charge in [-0.15, -0.1) is 15.3 Å². The molecule has 21 heavy (non-hydrogen) atoms. The van der Waals surface area contributed by atoms with E-state index >= 15 is 0 Å². The number of carbonyl (C=O) groups is 1.